The van der Waals surface area contributed by atoms with Gasteiger partial charge in [-0.1, -0.05) is 20.8 Å². The lowest BCUT2D eigenvalue weighted by molar-refractivity contribution is 0.698. The van der Waals surface area contributed by atoms with E-state index in [-0.39, 0.29) is 0 Å². The van der Waals surface area contributed by atoms with E-state index in [2.05, 4.69) is 37.4 Å². The molecule has 5 heteroatoms. The Morgan fingerprint density at radius 1 is 1.47 bits per heavy atom. The number of nitrogens with zero attached hydrogens (tertiary/aromatic N) is 2. The van der Waals surface area contributed by atoms with E-state index in [1.54, 1.807) is 0 Å². The molecule has 0 fully saturated rings. The van der Waals surface area contributed by atoms with E-state index in [1.807, 2.05) is 23.5 Å². The third-order valence-corrected chi connectivity index (χ3v) is 3.60. The fourth-order valence-corrected chi connectivity index (χ4v) is 2.54. The summed E-state index contributed by atoms with van der Waals surface area (Å²) in [5, 5.41) is 7.98. The predicted octanol–water partition coefficient (Wildman–Crippen LogP) is 2.68. The molecule has 0 radical (unpaired) electrons. The van der Waals surface area contributed by atoms with Crippen molar-refractivity contribution in [1.29, 1.82) is 0 Å². The van der Waals surface area contributed by atoms with Crippen molar-refractivity contribution in [3.8, 4) is 0 Å². The average molecular weight is 256 g/mol. The van der Waals surface area contributed by atoms with Crippen molar-refractivity contribution in [2.75, 3.05) is 23.1 Å². The number of anilines is 2. The molecule has 1 rings (SSSR count). The normalized spacial score (nSPS) is 13.1. The molecule has 1 unspecified atom stereocenters. The molecule has 0 aliphatic rings. The van der Waals surface area contributed by atoms with Crippen LogP contribution in [0.2, 0.25) is 0 Å². The van der Waals surface area contributed by atoms with Crippen LogP contribution in [-0.2, 0) is 7.05 Å². The quantitative estimate of drug-likeness (QED) is 0.821. The first-order valence-corrected chi connectivity index (χ1v) is 7.48. The van der Waals surface area contributed by atoms with Gasteiger partial charge in [0, 0.05) is 18.8 Å². The molecule has 17 heavy (non-hydrogen) atoms. The molecular weight excluding hydrogens is 232 g/mol. The van der Waals surface area contributed by atoms with Gasteiger partial charge < -0.3 is 11.1 Å². The van der Waals surface area contributed by atoms with Crippen LogP contribution in [0.1, 0.15) is 38.8 Å². The second kappa shape index (κ2) is 6.19. The van der Waals surface area contributed by atoms with E-state index in [4.69, 9.17) is 5.73 Å². The molecule has 1 aromatic rings. The first kappa shape index (κ1) is 14.2. The zero-order chi connectivity index (χ0) is 13.0. The molecule has 0 aliphatic carbocycles. The Bertz CT molecular complexity index is 360. The van der Waals surface area contributed by atoms with Crippen LogP contribution in [0.4, 0.5) is 11.5 Å². The molecule has 4 nitrogen and oxygen atoms in total. The number of hydrogen-bond acceptors (Lipinski definition) is 4. The average Bonchev–Trinajstić information content (AvgIpc) is 2.56. The van der Waals surface area contributed by atoms with Crippen molar-refractivity contribution in [3.63, 3.8) is 0 Å². The van der Waals surface area contributed by atoms with Crippen molar-refractivity contribution < 1.29 is 0 Å². The van der Waals surface area contributed by atoms with Crippen LogP contribution in [-0.4, -0.2) is 27.8 Å². The standard InChI is InChI=1S/C12H24N4S/c1-6-9(7-17-5)14-12-10(13)11(8(2)3)15-16(12)4/h8-9,14H,6-7,13H2,1-5H3. The van der Waals surface area contributed by atoms with E-state index in [9.17, 15) is 0 Å². The van der Waals surface area contributed by atoms with Gasteiger partial charge in [0.25, 0.3) is 0 Å². The molecule has 0 saturated carbocycles. The maximum Gasteiger partial charge on any atom is 0.148 e. The highest BCUT2D eigenvalue weighted by Crippen LogP contribution is 2.28. The molecule has 1 atom stereocenters. The van der Waals surface area contributed by atoms with Crippen LogP contribution in [0.15, 0.2) is 0 Å². The maximum absolute atomic E-state index is 6.15. The highest BCUT2D eigenvalue weighted by atomic mass is 32.2. The highest BCUT2D eigenvalue weighted by molar-refractivity contribution is 7.98. The van der Waals surface area contributed by atoms with Crippen LogP contribution >= 0.6 is 11.8 Å². The Morgan fingerprint density at radius 2 is 2.12 bits per heavy atom. The van der Waals surface area contributed by atoms with E-state index in [0.717, 1.165) is 29.4 Å². The van der Waals surface area contributed by atoms with Gasteiger partial charge >= 0.3 is 0 Å². The topological polar surface area (TPSA) is 55.9 Å². The summed E-state index contributed by atoms with van der Waals surface area (Å²) in [6.07, 6.45) is 3.21. The lowest BCUT2D eigenvalue weighted by Gasteiger charge is -2.17. The minimum atomic E-state index is 0.359. The maximum atomic E-state index is 6.15. The van der Waals surface area contributed by atoms with Gasteiger partial charge in [-0.05, 0) is 18.6 Å². The van der Waals surface area contributed by atoms with Crippen molar-refractivity contribution in [2.45, 2.75) is 39.2 Å². The zero-order valence-corrected chi connectivity index (χ0v) is 12.3. The largest absolute Gasteiger partial charge is 0.394 e. The van der Waals surface area contributed by atoms with Crippen LogP contribution in [0.25, 0.3) is 0 Å². The molecule has 0 saturated heterocycles. The Labute approximate surface area is 108 Å². The third-order valence-electron chi connectivity index (χ3n) is 2.86. The molecule has 98 valence electrons. The number of hydrogen-bond donors (Lipinski definition) is 2. The fourth-order valence-electron chi connectivity index (χ4n) is 1.81. The molecule has 3 N–H and O–H groups in total. The van der Waals surface area contributed by atoms with Gasteiger partial charge in [0.2, 0.25) is 0 Å². The van der Waals surface area contributed by atoms with Crippen molar-refractivity contribution >= 4 is 23.3 Å². The van der Waals surface area contributed by atoms with Crippen molar-refractivity contribution in [2.24, 2.45) is 7.05 Å². The van der Waals surface area contributed by atoms with Gasteiger partial charge in [-0.25, -0.2) is 0 Å². The van der Waals surface area contributed by atoms with Gasteiger partial charge in [0.05, 0.1) is 11.4 Å². The summed E-state index contributed by atoms with van der Waals surface area (Å²) in [4.78, 5) is 0. The van der Waals surface area contributed by atoms with E-state index in [0.29, 0.717) is 12.0 Å². The molecule has 0 aromatic carbocycles. The van der Waals surface area contributed by atoms with Gasteiger partial charge in [-0.3, -0.25) is 4.68 Å². The number of nitrogens with two attached hydrogens (primary N) is 1. The van der Waals surface area contributed by atoms with Gasteiger partial charge in [0.15, 0.2) is 0 Å². The molecule has 0 spiro atoms. The highest BCUT2D eigenvalue weighted by Gasteiger charge is 2.17. The predicted molar refractivity (Wildman–Crippen MR) is 77.8 cm³/mol. The SMILES string of the molecule is CCC(CSC)Nc1c(N)c(C(C)C)nn1C. The minimum Gasteiger partial charge on any atom is -0.394 e. The minimum absolute atomic E-state index is 0.359. The molecule has 1 aromatic heterocycles. The fraction of sp³-hybridized carbons (Fsp3) is 0.750. The molecule has 1 heterocycles. The Kier molecular flexibility index (Phi) is 5.18. The molecule has 0 aliphatic heterocycles. The van der Waals surface area contributed by atoms with E-state index >= 15 is 0 Å². The number of aromatic nitrogens is 2. The van der Waals surface area contributed by atoms with Gasteiger partial charge in [0.1, 0.15) is 5.82 Å². The molecule has 0 bridgehead atoms. The van der Waals surface area contributed by atoms with Crippen LogP contribution in [0.5, 0.6) is 0 Å². The summed E-state index contributed by atoms with van der Waals surface area (Å²) in [5.41, 5.74) is 7.93. The van der Waals surface area contributed by atoms with Crippen molar-refractivity contribution in [3.05, 3.63) is 5.69 Å². The Morgan fingerprint density at radius 3 is 2.53 bits per heavy atom. The Hall–Kier alpha value is -0.840. The third kappa shape index (κ3) is 3.31. The first-order valence-electron chi connectivity index (χ1n) is 6.09. The number of aryl methyl sites for hydroxylation is 1. The van der Waals surface area contributed by atoms with E-state index in [1.165, 1.54) is 0 Å². The second-order valence-corrected chi connectivity index (χ2v) is 5.54. The summed E-state index contributed by atoms with van der Waals surface area (Å²) in [6, 6.07) is 0.447. The van der Waals surface area contributed by atoms with Gasteiger partial charge in [-0.2, -0.15) is 16.9 Å². The lowest BCUT2D eigenvalue weighted by Crippen LogP contribution is -2.23. The van der Waals surface area contributed by atoms with E-state index < -0.39 is 0 Å². The summed E-state index contributed by atoms with van der Waals surface area (Å²) in [7, 11) is 1.94. The number of nitrogens with one attached hydrogen (secondary N) is 1. The number of thioether (sulfide) groups is 1. The summed E-state index contributed by atoms with van der Waals surface area (Å²) < 4.78 is 1.85. The Balaban J connectivity index is 2.90. The molecule has 0 amide bonds. The monoisotopic (exact) mass is 256 g/mol. The number of nitrogen functional groups attached to an aromatic ring is 1. The summed E-state index contributed by atoms with van der Waals surface area (Å²) in [6.45, 7) is 6.41. The molecular formula is C12H24N4S. The summed E-state index contributed by atoms with van der Waals surface area (Å²) >= 11 is 1.85. The second-order valence-electron chi connectivity index (χ2n) is 4.63. The zero-order valence-electron chi connectivity index (χ0n) is 11.4. The van der Waals surface area contributed by atoms with Crippen molar-refractivity contribution in [1.82, 2.24) is 9.78 Å². The van der Waals surface area contributed by atoms with Crippen LogP contribution in [0.3, 0.4) is 0 Å². The first-order chi connectivity index (χ1) is 8.01. The lowest BCUT2D eigenvalue weighted by atomic mass is 10.1. The van der Waals surface area contributed by atoms with Crippen LogP contribution in [0, 0.1) is 0 Å². The van der Waals surface area contributed by atoms with Crippen LogP contribution < -0.4 is 11.1 Å². The van der Waals surface area contributed by atoms with Gasteiger partial charge in [-0.15, -0.1) is 0 Å². The number of rotatable bonds is 6. The summed E-state index contributed by atoms with van der Waals surface area (Å²) in [5.74, 6) is 2.39. The smallest absolute Gasteiger partial charge is 0.148 e.